The highest BCUT2D eigenvalue weighted by atomic mass is 19.1. The van der Waals surface area contributed by atoms with Gasteiger partial charge in [0.15, 0.2) is 5.78 Å². The SMILES string of the molecule is CC1C/C(=C\c2cccc(F)c2)C(=O)/C(=C/c2cccc(F)c2)C1. The molecule has 0 saturated heterocycles. The van der Waals surface area contributed by atoms with Crippen LogP contribution in [0, 0.1) is 17.6 Å². The van der Waals surface area contributed by atoms with Gasteiger partial charge in [-0.3, -0.25) is 4.79 Å². The van der Waals surface area contributed by atoms with Crippen molar-refractivity contribution >= 4 is 17.9 Å². The number of allylic oxidation sites excluding steroid dienone is 2. The number of carbonyl (C=O) groups excluding carboxylic acids is 1. The molecule has 1 saturated carbocycles. The molecule has 1 nitrogen and oxygen atoms in total. The number of carbonyl (C=O) groups is 1. The van der Waals surface area contributed by atoms with E-state index in [0.717, 1.165) is 0 Å². The molecule has 0 aliphatic heterocycles. The Hall–Kier alpha value is -2.55. The normalized spacial score (nSPS) is 21.5. The Morgan fingerprint density at radius 3 is 1.75 bits per heavy atom. The van der Waals surface area contributed by atoms with Gasteiger partial charge in [-0.15, -0.1) is 0 Å². The fourth-order valence-corrected chi connectivity index (χ4v) is 3.06. The van der Waals surface area contributed by atoms with E-state index in [1.54, 1.807) is 36.4 Å². The van der Waals surface area contributed by atoms with Crippen molar-refractivity contribution in [2.24, 2.45) is 5.92 Å². The first-order chi connectivity index (χ1) is 11.5. The summed E-state index contributed by atoms with van der Waals surface area (Å²) in [6, 6.07) is 12.4. The van der Waals surface area contributed by atoms with E-state index in [9.17, 15) is 13.6 Å². The summed E-state index contributed by atoms with van der Waals surface area (Å²) in [5.41, 5.74) is 2.69. The van der Waals surface area contributed by atoms with Gasteiger partial charge in [0.1, 0.15) is 11.6 Å². The maximum absolute atomic E-state index is 13.3. The Morgan fingerprint density at radius 1 is 0.875 bits per heavy atom. The lowest BCUT2D eigenvalue weighted by atomic mass is 9.81. The van der Waals surface area contributed by atoms with E-state index >= 15 is 0 Å². The molecule has 3 rings (SSSR count). The molecule has 0 amide bonds. The van der Waals surface area contributed by atoms with Gasteiger partial charge in [-0.2, -0.15) is 0 Å². The van der Waals surface area contributed by atoms with E-state index in [0.29, 0.717) is 41.0 Å². The van der Waals surface area contributed by atoms with Crippen LogP contribution in [0.2, 0.25) is 0 Å². The number of hydrogen-bond donors (Lipinski definition) is 0. The molecule has 122 valence electrons. The first kappa shape index (κ1) is 16.3. The predicted molar refractivity (Wildman–Crippen MR) is 92.2 cm³/mol. The van der Waals surface area contributed by atoms with E-state index in [2.05, 4.69) is 6.92 Å². The average molecular weight is 324 g/mol. The number of halogens is 2. The van der Waals surface area contributed by atoms with E-state index in [1.807, 2.05) is 0 Å². The highest BCUT2D eigenvalue weighted by Crippen LogP contribution is 2.32. The van der Waals surface area contributed by atoms with Crippen molar-refractivity contribution < 1.29 is 13.6 Å². The van der Waals surface area contributed by atoms with E-state index in [1.165, 1.54) is 24.3 Å². The topological polar surface area (TPSA) is 17.1 Å². The summed E-state index contributed by atoms with van der Waals surface area (Å²) in [7, 11) is 0. The van der Waals surface area contributed by atoms with Gasteiger partial charge in [0.05, 0.1) is 0 Å². The van der Waals surface area contributed by atoms with Crippen molar-refractivity contribution in [2.45, 2.75) is 19.8 Å². The monoisotopic (exact) mass is 324 g/mol. The van der Waals surface area contributed by atoms with Gasteiger partial charge in [0.25, 0.3) is 0 Å². The highest BCUT2D eigenvalue weighted by Gasteiger charge is 2.25. The van der Waals surface area contributed by atoms with Crippen LogP contribution in [0.5, 0.6) is 0 Å². The van der Waals surface area contributed by atoms with Crippen LogP contribution in [0.15, 0.2) is 59.7 Å². The maximum atomic E-state index is 13.3. The summed E-state index contributed by atoms with van der Waals surface area (Å²) in [6.07, 6.45) is 4.83. The Bertz CT molecular complexity index is 766. The predicted octanol–water partition coefficient (Wildman–Crippen LogP) is 5.43. The summed E-state index contributed by atoms with van der Waals surface area (Å²) >= 11 is 0. The molecular weight excluding hydrogens is 306 g/mol. The van der Waals surface area contributed by atoms with E-state index < -0.39 is 0 Å². The third kappa shape index (κ3) is 3.85. The molecule has 0 aromatic heterocycles. The van der Waals surface area contributed by atoms with Gasteiger partial charge < -0.3 is 0 Å². The number of ketones is 1. The first-order valence-corrected chi connectivity index (χ1v) is 7.98. The molecule has 0 bridgehead atoms. The summed E-state index contributed by atoms with van der Waals surface area (Å²) in [5.74, 6) is -0.378. The van der Waals surface area contributed by atoms with Crippen molar-refractivity contribution in [1.82, 2.24) is 0 Å². The summed E-state index contributed by atoms with van der Waals surface area (Å²) in [4.78, 5) is 12.7. The molecule has 0 atom stereocenters. The third-order valence-electron chi connectivity index (χ3n) is 4.10. The smallest absolute Gasteiger partial charge is 0.185 e. The van der Waals surface area contributed by atoms with E-state index in [4.69, 9.17) is 0 Å². The molecule has 1 fully saturated rings. The quantitative estimate of drug-likeness (QED) is 0.673. The van der Waals surface area contributed by atoms with Crippen molar-refractivity contribution in [3.8, 4) is 0 Å². The molecule has 24 heavy (non-hydrogen) atoms. The van der Waals surface area contributed by atoms with Gasteiger partial charge in [-0.25, -0.2) is 8.78 Å². The minimum atomic E-state index is -0.323. The second-order valence-electron chi connectivity index (χ2n) is 6.29. The molecular formula is C21H18F2O. The van der Waals surface area contributed by atoms with E-state index in [-0.39, 0.29) is 17.4 Å². The molecule has 2 aromatic carbocycles. The van der Waals surface area contributed by atoms with Crippen molar-refractivity contribution in [2.75, 3.05) is 0 Å². The minimum Gasteiger partial charge on any atom is -0.289 e. The average Bonchev–Trinajstić information content (AvgIpc) is 2.52. The largest absolute Gasteiger partial charge is 0.289 e. The van der Waals surface area contributed by atoms with Gasteiger partial charge in [-0.05, 0) is 66.3 Å². The first-order valence-electron chi connectivity index (χ1n) is 7.98. The highest BCUT2D eigenvalue weighted by molar-refractivity contribution is 6.14. The van der Waals surface area contributed by atoms with Crippen molar-refractivity contribution in [3.63, 3.8) is 0 Å². The van der Waals surface area contributed by atoms with Gasteiger partial charge in [-0.1, -0.05) is 31.2 Å². The molecule has 0 spiro atoms. The summed E-state index contributed by atoms with van der Waals surface area (Å²) in [6.45, 7) is 2.07. The zero-order valence-corrected chi connectivity index (χ0v) is 13.4. The number of rotatable bonds is 2. The maximum Gasteiger partial charge on any atom is 0.185 e. The molecule has 0 radical (unpaired) electrons. The Labute approximate surface area is 140 Å². The number of Topliss-reactive ketones (excluding diaryl/α,β-unsaturated/α-hetero) is 1. The van der Waals surface area contributed by atoms with Crippen molar-refractivity contribution in [1.29, 1.82) is 0 Å². The lowest BCUT2D eigenvalue weighted by Crippen LogP contribution is -2.18. The van der Waals surface area contributed by atoms with Crippen LogP contribution in [0.3, 0.4) is 0 Å². The third-order valence-corrected chi connectivity index (χ3v) is 4.10. The van der Waals surface area contributed by atoms with Crippen LogP contribution in [0.1, 0.15) is 30.9 Å². The molecule has 0 heterocycles. The zero-order valence-electron chi connectivity index (χ0n) is 13.4. The van der Waals surface area contributed by atoms with Crippen LogP contribution >= 0.6 is 0 Å². The standard InChI is InChI=1S/C21H18F2O/c1-14-8-17(10-15-4-2-6-19(22)12-15)21(24)18(9-14)11-16-5-3-7-20(23)13-16/h2-7,10-14H,8-9H2,1H3/b17-10+,18-11+. The molecule has 0 unspecified atom stereocenters. The van der Waals surface area contributed by atoms with Crippen LogP contribution < -0.4 is 0 Å². The van der Waals surface area contributed by atoms with Crippen LogP contribution in [-0.2, 0) is 4.79 Å². The molecule has 1 aliphatic rings. The second kappa shape index (κ2) is 6.91. The molecule has 3 heteroatoms. The van der Waals surface area contributed by atoms with Gasteiger partial charge >= 0.3 is 0 Å². The van der Waals surface area contributed by atoms with Crippen LogP contribution in [0.4, 0.5) is 8.78 Å². The molecule has 1 aliphatic carbocycles. The summed E-state index contributed by atoms with van der Waals surface area (Å²) < 4.78 is 26.7. The Morgan fingerprint density at radius 2 is 1.33 bits per heavy atom. The van der Waals surface area contributed by atoms with Crippen molar-refractivity contribution in [3.05, 3.63) is 82.4 Å². The number of benzene rings is 2. The summed E-state index contributed by atoms with van der Waals surface area (Å²) in [5, 5.41) is 0. The van der Waals surface area contributed by atoms with Gasteiger partial charge in [0, 0.05) is 11.1 Å². The van der Waals surface area contributed by atoms with Crippen LogP contribution in [0.25, 0.3) is 12.2 Å². The second-order valence-corrected chi connectivity index (χ2v) is 6.29. The Balaban J connectivity index is 1.94. The zero-order chi connectivity index (χ0) is 17.1. The fraction of sp³-hybridized carbons (Fsp3) is 0.190. The Kier molecular flexibility index (Phi) is 4.70. The lowest BCUT2D eigenvalue weighted by Gasteiger charge is -2.22. The fourth-order valence-electron chi connectivity index (χ4n) is 3.06. The lowest BCUT2D eigenvalue weighted by molar-refractivity contribution is -0.113. The van der Waals surface area contributed by atoms with Crippen LogP contribution in [-0.4, -0.2) is 5.78 Å². The molecule has 0 N–H and O–H groups in total. The molecule has 2 aromatic rings. The minimum absolute atomic E-state index is 0.0402. The number of hydrogen-bond acceptors (Lipinski definition) is 1. The van der Waals surface area contributed by atoms with Gasteiger partial charge in [0.2, 0.25) is 0 Å².